The molecule has 1 aromatic carbocycles. The zero-order chi connectivity index (χ0) is 13.4. The summed E-state index contributed by atoms with van der Waals surface area (Å²) in [5, 5.41) is 19.3. The van der Waals surface area contributed by atoms with Crippen molar-refractivity contribution in [2.75, 3.05) is 0 Å². The van der Waals surface area contributed by atoms with E-state index in [2.05, 4.69) is 10.3 Å². The fraction of sp³-hybridized carbons (Fsp3) is 0.385. The lowest BCUT2D eigenvalue weighted by molar-refractivity contribution is 0.150. The highest BCUT2D eigenvalue weighted by Gasteiger charge is 2.26. The van der Waals surface area contributed by atoms with Gasteiger partial charge in [0.2, 0.25) is 0 Å². The van der Waals surface area contributed by atoms with Gasteiger partial charge in [0.15, 0.2) is 0 Å². The summed E-state index contributed by atoms with van der Waals surface area (Å²) in [6, 6.07) is 5.07. The first-order valence-electron chi connectivity index (χ1n) is 6.16. The molecule has 1 atom stereocenters. The summed E-state index contributed by atoms with van der Waals surface area (Å²) >= 11 is 11.9. The first-order valence-corrected chi connectivity index (χ1v) is 6.92. The Morgan fingerprint density at radius 1 is 1.37 bits per heavy atom. The van der Waals surface area contributed by atoms with E-state index in [0.29, 0.717) is 28.1 Å². The number of aliphatic hydroxyl groups is 1. The predicted octanol–water partition coefficient (Wildman–Crippen LogP) is 3.20. The predicted molar refractivity (Wildman–Crippen MR) is 73.4 cm³/mol. The highest BCUT2D eigenvalue weighted by atomic mass is 35.5. The minimum Gasteiger partial charge on any atom is -0.386 e. The van der Waals surface area contributed by atoms with Crippen LogP contribution in [0.5, 0.6) is 0 Å². The number of nitrogens with zero attached hydrogens (tertiary/aromatic N) is 3. The summed E-state index contributed by atoms with van der Waals surface area (Å²) in [5.41, 5.74) is 1.66. The molecule has 19 heavy (non-hydrogen) atoms. The van der Waals surface area contributed by atoms with Crippen molar-refractivity contribution >= 4 is 23.2 Å². The van der Waals surface area contributed by atoms with Gasteiger partial charge in [0.25, 0.3) is 0 Å². The van der Waals surface area contributed by atoms with Crippen LogP contribution >= 0.6 is 23.2 Å². The third-order valence-corrected chi connectivity index (χ3v) is 3.80. The molecule has 1 aromatic heterocycles. The van der Waals surface area contributed by atoms with Gasteiger partial charge in [-0.05, 0) is 25.0 Å². The topological polar surface area (TPSA) is 50.9 Å². The Hall–Kier alpha value is -1.10. The molecule has 1 aliphatic carbocycles. The largest absolute Gasteiger partial charge is 0.386 e. The van der Waals surface area contributed by atoms with Gasteiger partial charge in [-0.1, -0.05) is 34.5 Å². The van der Waals surface area contributed by atoms with E-state index in [0.717, 1.165) is 5.69 Å². The van der Waals surface area contributed by atoms with Crippen molar-refractivity contribution in [3.63, 3.8) is 0 Å². The standard InChI is InChI=1S/C13H13Cl2N3O/c14-9-3-4-10(11(15)5-9)13(19)7-18-6-12(16-17-18)8-1-2-8/h3-6,8,13,19H,1-2,7H2. The Bertz CT molecular complexity index is 595. The van der Waals surface area contributed by atoms with Crippen molar-refractivity contribution < 1.29 is 5.11 Å². The van der Waals surface area contributed by atoms with Crippen LogP contribution in [-0.4, -0.2) is 20.1 Å². The van der Waals surface area contributed by atoms with E-state index in [-0.39, 0.29) is 0 Å². The third kappa shape index (κ3) is 2.91. The Morgan fingerprint density at radius 2 is 2.16 bits per heavy atom. The molecule has 0 saturated heterocycles. The zero-order valence-corrected chi connectivity index (χ0v) is 11.6. The smallest absolute Gasteiger partial charge is 0.100 e. The van der Waals surface area contributed by atoms with Crippen LogP contribution in [0, 0.1) is 0 Å². The Morgan fingerprint density at radius 3 is 2.84 bits per heavy atom. The summed E-state index contributed by atoms with van der Waals surface area (Å²) in [6.45, 7) is 0.334. The van der Waals surface area contributed by atoms with Crippen LogP contribution in [0.15, 0.2) is 24.4 Å². The van der Waals surface area contributed by atoms with Crippen molar-refractivity contribution in [2.45, 2.75) is 31.4 Å². The van der Waals surface area contributed by atoms with E-state index >= 15 is 0 Å². The number of hydrogen-bond donors (Lipinski definition) is 1. The number of aromatic nitrogens is 3. The van der Waals surface area contributed by atoms with Gasteiger partial charge in [-0.3, -0.25) is 0 Å². The minimum absolute atomic E-state index is 0.334. The van der Waals surface area contributed by atoms with E-state index < -0.39 is 6.10 Å². The number of benzene rings is 1. The van der Waals surface area contributed by atoms with Gasteiger partial charge in [-0.2, -0.15) is 0 Å². The van der Waals surface area contributed by atoms with Crippen molar-refractivity contribution in [3.05, 3.63) is 45.7 Å². The van der Waals surface area contributed by atoms with Gasteiger partial charge in [0.05, 0.1) is 12.2 Å². The lowest BCUT2D eigenvalue weighted by Crippen LogP contribution is -2.09. The highest BCUT2D eigenvalue weighted by Crippen LogP contribution is 2.38. The average Bonchev–Trinajstić information content (AvgIpc) is 3.10. The number of halogens is 2. The molecule has 4 nitrogen and oxygen atoms in total. The zero-order valence-electron chi connectivity index (χ0n) is 10.1. The van der Waals surface area contributed by atoms with Gasteiger partial charge < -0.3 is 5.11 Å². The number of hydrogen-bond acceptors (Lipinski definition) is 3. The lowest BCUT2D eigenvalue weighted by atomic mass is 10.1. The van der Waals surface area contributed by atoms with Crippen LogP contribution in [0.4, 0.5) is 0 Å². The fourth-order valence-electron chi connectivity index (χ4n) is 2.02. The quantitative estimate of drug-likeness (QED) is 0.943. The van der Waals surface area contributed by atoms with E-state index in [1.165, 1.54) is 12.8 Å². The lowest BCUT2D eigenvalue weighted by Gasteiger charge is -2.12. The molecule has 0 bridgehead atoms. The second-order valence-electron chi connectivity index (χ2n) is 4.82. The fourth-order valence-corrected chi connectivity index (χ4v) is 2.55. The summed E-state index contributed by atoms with van der Waals surface area (Å²) in [5.74, 6) is 0.560. The van der Waals surface area contributed by atoms with Crippen LogP contribution in [-0.2, 0) is 6.54 Å². The van der Waals surface area contributed by atoms with Crippen molar-refractivity contribution in [1.82, 2.24) is 15.0 Å². The highest BCUT2D eigenvalue weighted by molar-refractivity contribution is 6.35. The molecule has 1 heterocycles. The molecule has 2 aromatic rings. The van der Waals surface area contributed by atoms with Crippen LogP contribution in [0.25, 0.3) is 0 Å². The van der Waals surface area contributed by atoms with Crippen LogP contribution in [0.2, 0.25) is 10.0 Å². The maximum Gasteiger partial charge on any atom is 0.100 e. The van der Waals surface area contributed by atoms with E-state index in [4.69, 9.17) is 23.2 Å². The van der Waals surface area contributed by atoms with Gasteiger partial charge in [0, 0.05) is 27.7 Å². The Kier molecular flexibility index (Phi) is 3.48. The molecule has 100 valence electrons. The molecule has 6 heteroatoms. The van der Waals surface area contributed by atoms with Crippen molar-refractivity contribution in [3.8, 4) is 0 Å². The van der Waals surface area contributed by atoms with Crippen LogP contribution < -0.4 is 0 Å². The summed E-state index contributed by atoms with van der Waals surface area (Å²) in [7, 11) is 0. The van der Waals surface area contributed by atoms with E-state index in [9.17, 15) is 5.11 Å². The molecule has 0 amide bonds. The molecule has 3 rings (SSSR count). The molecular weight excluding hydrogens is 285 g/mol. The van der Waals surface area contributed by atoms with Crippen molar-refractivity contribution in [2.24, 2.45) is 0 Å². The maximum absolute atomic E-state index is 10.2. The molecule has 0 aliphatic heterocycles. The Balaban J connectivity index is 1.73. The van der Waals surface area contributed by atoms with E-state index in [1.54, 1.807) is 22.9 Å². The SMILES string of the molecule is OC(Cn1cc(C2CC2)nn1)c1ccc(Cl)cc1Cl. The average molecular weight is 298 g/mol. The normalized spacial score (nSPS) is 16.6. The molecule has 1 fully saturated rings. The summed E-state index contributed by atoms with van der Waals surface area (Å²) < 4.78 is 1.66. The molecule has 0 spiro atoms. The Labute approximate surface area is 121 Å². The molecule has 1 saturated carbocycles. The van der Waals surface area contributed by atoms with E-state index in [1.807, 2.05) is 6.20 Å². The molecule has 0 radical (unpaired) electrons. The molecular formula is C13H13Cl2N3O. The van der Waals surface area contributed by atoms with Crippen LogP contribution in [0.1, 0.15) is 36.1 Å². The monoisotopic (exact) mass is 297 g/mol. The maximum atomic E-state index is 10.2. The second kappa shape index (κ2) is 5.12. The first-order chi connectivity index (χ1) is 9.13. The molecule has 1 unspecified atom stereocenters. The molecule has 1 aliphatic rings. The second-order valence-corrected chi connectivity index (χ2v) is 5.66. The van der Waals surface area contributed by atoms with Gasteiger partial charge in [0.1, 0.15) is 6.10 Å². The first kappa shape index (κ1) is 12.9. The summed E-state index contributed by atoms with van der Waals surface area (Å²) in [4.78, 5) is 0. The number of aliphatic hydroxyl groups excluding tert-OH is 1. The van der Waals surface area contributed by atoms with Gasteiger partial charge in [-0.25, -0.2) is 4.68 Å². The van der Waals surface area contributed by atoms with Crippen LogP contribution in [0.3, 0.4) is 0 Å². The molecule has 1 N–H and O–H groups in total. The van der Waals surface area contributed by atoms with Gasteiger partial charge >= 0.3 is 0 Å². The number of rotatable bonds is 4. The minimum atomic E-state index is -0.724. The van der Waals surface area contributed by atoms with Crippen molar-refractivity contribution in [1.29, 1.82) is 0 Å². The van der Waals surface area contributed by atoms with Gasteiger partial charge in [-0.15, -0.1) is 5.10 Å². The summed E-state index contributed by atoms with van der Waals surface area (Å²) in [6.07, 6.45) is 3.54. The third-order valence-electron chi connectivity index (χ3n) is 3.23.